The SMILES string of the molecule is CCOC(=O)CNC(=O)CN(CC(=O)OC(C)(C)C)C(=O)CN(CCNC(=O)OC(C)(C)C)C(=O)CNC(=O)OCc1ccccc1. The van der Waals surface area contributed by atoms with Gasteiger partial charge < -0.3 is 44.7 Å². The molecule has 0 radical (unpaired) electrons. The molecule has 1 rings (SSSR count). The second-order valence-corrected chi connectivity index (χ2v) is 12.1. The highest BCUT2D eigenvalue weighted by Gasteiger charge is 2.27. The summed E-state index contributed by atoms with van der Waals surface area (Å²) in [6.45, 7) is 8.21. The second kappa shape index (κ2) is 19.6. The molecule has 1 aromatic rings. The third kappa shape index (κ3) is 19.3. The lowest BCUT2D eigenvalue weighted by atomic mass is 10.2. The lowest BCUT2D eigenvalue weighted by Crippen LogP contribution is -2.51. The number of carbonyl (C=O) groups excluding carboxylic acids is 7. The molecule has 0 bridgehead atoms. The van der Waals surface area contributed by atoms with Gasteiger partial charge in [0.15, 0.2) is 0 Å². The molecule has 0 atom stereocenters. The van der Waals surface area contributed by atoms with Crippen molar-refractivity contribution in [1.82, 2.24) is 25.8 Å². The van der Waals surface area contributed by atoms with Crippen LogP contribution in [-0.2, 0) is 49.5 Å². The highest BCUT2D eigenvalue weighted by atomic mass is 16.6. The van der Waals surface area contributed by atoms with Crippen molar-refractivity contribution in [2.75, 3.05) is 52.4 Å². The Labute approximate surface area is 274 Å². The smallest absolute Gasteiger partial charge is 0.407 e. The monoisotopic (exact) mass is 665 g/mol. The standard InChI is InChI=1S/C31H47N5O11/c1-8-44-26(40)17-33-23(37)18-36(20-27(41)46-30(2,3)4)25(39)19-35(15-14-32-29(43)47-31(5,6)7)24(38)16-34-28(42)45-21-22-12-10-9-11-13-22/h9-13H,8,14-21H2,1-7H3,(H,32,43)(H,33,37)(H,34,42). The molecule has 3 N–H and O–H groups in total. The van der Waals surface area contributed by atoms with Crippen molar-refractivity contribution >= 4 is 41.8 Å². The molecular formula is C31H47N5O11. The molecular weight excluding hydrogens is 618 g/mol. The number of nitrogens with one attached hydrogen (secondary N) is 3. The topological polar surface area (TPSA) is 199 Å². The maximum atomic E-state index is 13.4. The van der Waals surface area contributed by atoms with Crippen LogP contribution in [0.5, 0.6) is 0 Å². The Bertz CT molecular complexity index is 1230. The van der Waals surface area contributed by atoms with Gasteiger partial charge in [-0.15, -0.1) is 0 Å². The van der Waals surface area contributed by atoms with Gasteiger partial charge in [-0.3, -0.25) is 24.0 Å². The third-order valence-electron chi connectivity index (χ3n) is 5.49. The van der Waals surface area contributed by atoms with Gasteiger partial charge in [-0.05, 0) is 54.0 Å². The molecule has 0 saturated carbocycles. The van der Waals surface area contributed by atoms with Gasteiger partial charge >= 0.3 is 24.1 Å². The first kappa shape index (κ1) is 40.1. The van der Waals surface area contributed by atoms with Gasteiger partial charge in [-0.1, -0.05) is 30.3 Å². The van der Waals surface area contributed by atoms with E-state index in [2.05, 4.69) is 16.0 Å². The van der Waals surface area contributed by atoms with Crippen LogP contribution in [0.4, 0.5) is 9.59 Å². The van der Waals surface area contributed by atoms with E-state index in [0.717, 1.165) is 15.4 Å². The molecule has 1 aromatic carbocycles. The fraction of sp³-hybridized carbons (Fsp3) is 0.581. The summed E-state index contributed by atoms with van der Waals surface area (Å²) in [6, 6.07) is 8.86. The number of esters is 2. The molecule has 0 aliphatic rings. The Kier molecular flexibility index (Phi) is 16.7. The first-order chi connectivity index (χ1) is 21.9. The van der Waals surface area contributed by atoms with Gasteiger partial charge in [-0.25, -0.2) is 9.59 Å². The van der Waals surface area contributed by atoms with Crippen LogP contribution in [0.3, 0.4) is 0 Å². The largest absolute Gasteiger partial charge is 0.465 e. The van der Waals surface area contributed by atoms with E-state index in [9.17, 15) is 33.6 Å². The second-order valence-electron chi connectivity index (χ2n) is 12.1. The number of carbonyl (C=O) groups is 7. The lowest BCUT2D eigenvalue weighted by molar-refractivity contribution is -0.159. The molecule has 262 valence electrons. The van der Waals surface area contributed by atoms with Gasteiger partial charge in [0.1, 0.15) is 44.0 Å². The maximum Gasteiger partial charge on any atom is 0.407 e. The quantitative estimate of drug-likeness (QED) is 0.169. The van der Waals surface area contributed by atoms with Crippen molar-refractivity contribution in [2.24, 2.45) is 0 Å². The molecule has 5 amide bonds. The summed E-state index contributed by atoms with van der Waals surface area (Å²) in [7, 11) is 0. The van der Waals surface area contributed by atoms with Crippen LogP contribution in [0.15, 0.2) is 30.3 Å². The van der Waals surface area contributed by atoms with Crippen LogP contribution in [0.2, 0.25) is 0 Å². The summed E-state index contributed by atoms with van der Waals surface area (Å²) in [6.07, 6.45) is -1.64. The average molecular weight is 666 g/mol. The van der Waals surface area contributed by atoms with E-state index in [1.807, 2.05) is 0 Å². The maximum absolute atomic E-state index is 13.4. The number of benzene rings is 1. The molecule has 0 aliphatic carbocycles. The Morgan fingerprint density at radius 3 is 1.89 bits per heavy atom. The van der Waals surface area contributed by atoms with Crippen molar-refractivity contribution in [1.29, 1.82) is 0 Å². The third-order valence-corrected chi connectivity index (χ3v) is 5.49. The first-order valence-corrected chi connectivity index (χ1v) is 15.0. The van der Waals surface area contributed by atoms with E-state index >= 15 is 0 Å². The normalized spacial score (nSPS) is 11.0. The molecule has 0 aromatic heterocycles. The van der Waals surface area contributed by atoms with Crippen molar-refractivity contribution in [3.05, 3.63) is 35.9 Å². The highest BCUT2D eigenvalue weighted by Crippen LogP contribution is 2.09. The zero-order valence-corrected chi connectivity index (χ0v) is 28.1. The number of hydrogen-bond acceptors (Lipinski definition) is 11. The minimum atomic E-state index is -0.895. The van der Waals surface area contributed by atoms with Crippen LogP contribution in [0.1, 0.15) is 54.0 Å². The zero-order valence-electron chi connectivity index (χ0n) is 28.1. The summed E-state index contributed by atoms with van der Waals surface area (Å²) >= 11 is 0. The summed E-state index contributed by atoms with van der Waals surface area (Å²) in [5, 5.41) is 7.12. The molecule has 0 aliphatic heterocycles. The summed E-state index contributed by atoms with van der Waals surface area (Å²) in [5.74, 6) is -3.86. The van der Waals surface area contributed by atoms with E-state index in [4.69, 9.17) is 18.9 Å². The fourth-order valence-corrected chi connectivity index (χ4v) is 3.57. The molecule has 0 unspecified atom stereocenters. The number of ether oxygens (including phenoxy) is 4. The lowest BCUT2D eigenvalue weighted by Gasteiger charge is -2.28. The molecule has 16 nitrogen and oxygen atoms in total. The predicted molar refractivity (Wildman–Crippen MR) is 168 cm³/mol. The van der Waals surface area contributed by atoms with E-state index in [0.29, 0.717) is 0 Å². The van der Waals surface area contributed by atoms with Crippen LogP contribution in [0, 0.1) is 0 Å². The Morgan fingerprint density at radius 1 is 0.660 bits per heavy atom. The molecule has 0 heterocycles. The van der Waals surface area contributed by atoms with E-state index < -0.39 is 85.8 Å². The minimum Gasteiger partial charge on any atom is -0.465 e. The van der Waals surface area contributed by atoms with Crippen LogP contribution in [0.25, 0.3) is 0 Å². The van der Waals surface area contributed by atoms with Gasteiger partial charge in [0.05, 0.1) is 13.2 Å². The molecule has 0 spiro atoms. The highest BCUT2D eigenvalue weighted by molar-refractivity contribution is 5.92. The van der Waals surface area contributed by atoms with Gasteiger partial charge in [0.25, 0.3) is 0 Å². The number of rotatable bonds is 16. The number of nitrogens with zero attached hydrogens (tertiary/aromatic N) is 2. The van der Waals surface area contributed by atoms with Crippen LogP contribution < -0.4 is 16.0 Å². The molecule has 0 fully saturated rings. The van der Waals surface area contributed by atoms with Gasteiger partial charge in [-0.2, -0.15) is 0 Å². The Balaban J connectivity index is 3.03. The fourth-order valence-electron chi connectivity index (χ4n) is 3.57. The number of amides is 5. The average Bonchev–Trinajstić information content (AvgIpc) is 2.95. The van der Waals surface area contributed by atoms with Crippen molar-refractivity contribution in [3.8, 4) is 0 Å². The van der Waals surface area contributed by atoms with E-state index in [1.54, 1.807) is 78.8 Å². The Morgan fingerprint density at radius 2 is 1.30 bits per heavy atom. The number of hydrogen-bond donors (Lipinski definition) is 3. The van der Waals surface area contributed by atoms with Crippen LogP contribution in [-0.4, -0.2) is 115 Å². The Hall–Kier alpha value is -4.89. The van der Waals surface area contributed by atoms with E-state index in [1.165, 1.54) is 0 Å². The van der Waals surface area contributed by atoms with Crippen molar-refractivity contribution in [3.63, 3.8) is 0 Å². The molecule has 0 saturated heterocycles. The van der Waals surface area contributed by atoms with Crippen molar-refractivity contribution < 1.29 is 52.5 Å². The summed E-state index contributed by atoms with van der Waals surface area (Å²) in [4.78, 5) is 89.7. The minimum absolute atomic E-state index is 0.0409. The predicted octanol–water partition coefficient (Wildman–Crippen LogP) is 1.12. The van der Waals surface area contributed by atoms with Crippen LogP contribution >= 0.6 is 0 Å². The first-order valence-electron chi connectivity index (χ1n) is 15.0. The van der Waals surface area contributed by atoms with Crippen molar-refractivity contribution in [2.45, 2.75) is 66.3 Å². The molecule has 47 heavy (non-hydrogen) atoms. The zero-order chi connectivity index (χ0) is 35.6. The summed E-state index contributed by atoms with van der Waals surface area (Å²) < 4.78 is 20.4. The van der Waals surface area contributed by atoms with Gasteiger partial charge in [0.2, 0.25) is 17.7 Å². The number of alkyl carbamates (subject to hydrolysis) is 2. The van der Waals surface area contributed by atoms with E-state index in [-0.39, 0.29) is 26.3 Å². The molecule has 16 heteroatoms. The van der Waals surface area contributed by atoms with Gasteiger partial charge in [0, 0.05) is 13.1 Å². The summed E-state index contributed by atoms with van der Waals surface area (Å²) in [5.41, 5.74) is -0.949.